The molecule has 0 bridgehead atoms. The van der Waals surface area contributed by atoms with E-state index in [9.17, 15) is 4.79 Å². The van der Waals surface area contributed by atoms with Gasteiger partial charge < -0.3 is 5.11 Å². The molecule has 2 aromatic rings. The van der Waals surface area contributed by atoms with Crippen LogP contribution in [0.3, 0.4) is 0 Å². The lowest BCUT2D eigenvalue weighted by Crippen LogP contribution is -1.88. The maximum atomic E-state index is 10.6. The number of carboxylic acids is 1. The fraction of sp³-hybridized carbons (Fsp3) is 0.167. The van der Waals surface area contributed by atoms with Crippen molar-refractivity contribution in [3.8, 4) is 0 Å². The third kappa shape index (κ3) is 2.25. The monoisotopic (exact) mass is 264 g/mol. The normalized spacial score (nSPS) is 14.3. The van der Waals surface area contributed by atoms with E-state index >= 15 is 0 Å². The highest BCUT2D eigenvalue weighted by molar-refractivity contribution is 5.96. The van der Waals surface area contributed by atoms with Crippen LogP contribution in [0.2, 0.25) is 0 Å². The summed E-state index contributed by atoms with van der Waals surface area (Å²) in [4.78, 5) is 10.6. The topological polar surface area (TPSA) is 37.3 Å². The zero-order valence-electron chi connectivity index (χ0n) is 11.4. The lowest BCUT2D eigenvalue weighted by molar-refractivity contribution is -0.131. The zero-order valence-corrected chi connectivity index (χ0v) is 11.4. The van der Waals surface area contributed by atoms with Gasteiger partial charge in [-0.1, -0.05) is 42.5 Å². The van der Waals surface area contributed by atoms with Gasteiger partial charge in [0, 0.05) is 6.08 Å². The SMILES string of the molecule is CC(=C/C(=O)O)/C=C/c1ccc2c3c(cccc13)CC2. The molecular weight excluding hydrogens is 248 g/mol. The molecule has 3 rings (SSSR count). The van der Waals surface area contributed by atoms with Crippen LogP contribution < -0.4 is 0 Å². The van der Waals surface area contributed by atoms with Gasteiger partial charge in [0.25, 0.3) is 0 Å². The molecule has 0 radical (unpaired) electrons. The van der Waals surface area contributed by atoms with Crippen LogP contribution in [-0.2, 0) is 17.6 Å². The van der Waals surface area contributed by atoms with Gasteiger partial charge in [0.15, 0.2) is 0 Å². The number of allylic oxidation sites excluding steroid dienone is 2. The summed E-state index contributed by atoms with van der Waals surface area (Å²) in [6.45, 7) is 1.80. The van der Waals surface area contributed by atoms with E-state index in [1.807, 2.05) is 12.2 Å². The van der Waals surface area contributed by atoms with Gasteiger partial charge in [-0.25, -0.2) is 4.79 Å². The molecule has 2 heteroatoms. The van der Waals surface area contributed by atoms with E-state index in [1.54, 1.807) is 6.92 Å². The van der Waals surface area contributed by atoms with Crippen LogP contribution in [0, 0.1) is 0 Å². The van der Waals surface area contributed by atoms with Gasteiger partial charge in [-0.15, -0.1) is 0 Å². The Labute approximate surface area is 118 Å². The van der Waals surface area contributed by atoms with E-state index in [1.165, 1.54) is 28.0 Å². The second-order valence-corrected chi connectivity index (χ2v) is 5.21. The molecule has 0 saturated heterocycles. The maximum Gasteiger partial charge on any atom is 0.328 e. The first kappa shape index (κ1) is 12.7. The summed E-state index contributed by atoms with van der Waals surface area (Å²) in [5.41, 5.74) is 4.72. The average Bonchev–Trinajstić information content (AvgIpc) is 2.83. The Kier molecular flexibility index (Phi) is 3.15. The first-order valence-electron chi connectivity index (χ1n) is 6.78. The number of carbonyl (C=O) groups is 1. The second-order valence-electron chi connectivity index (χ2n) is 5.21. The summed E-state index contributed by atoms with van der Waals surface area (Å²) in [5, 5.41) is 11.4. The Morgan fingerprint density at radius 1 is 1.15 bits per heavy atom. The number of benzene rings is 2. The Bertz CT molecular complexity index is 741. The van der Waals surface area contributed by atoms with Crippen molar-refractivity contribution in [2.24, 2.45) is 0 Å². The van der Waals surface area contributed by atoms with Crippen molar-refractivity contribution in [3.05, 3.63) is 64.7 Å². The minimum atomic E-state index is -0.910. The molecule has 0 spiro atoms. The highest BCUT2D eigenvalue weighted by Gasteiger charge is 2.14. The van der Waals surface area contributed by atoms with Crippen molar-refractivity contribution >= 4 is 22.8 Å². The molecule has 0 fully saturated rings. The van der Waals surface area contributed by atoms with Crippen LogP contribution in [0.5, 0.6) is 0 Å². The lowest BCUT2D eigenvalue weighted by atomic mass is 9.99. The fourth-order valence-corrected chi connectivity index (χ4v) is 2.88. The third-order valence-corrected chi connectivity index (χ3v) is 3.79. The van der Waals surface area contributed by atoms with Gasteiger partial charge in [-0.3, -0.25) is 0 Å². The van der Waals surface area contributed by atoms with Crippen molar-refractivity contribution in [2.45, 2.75) is 19.8 Å². The van der Waals surface area contributed by atoms with Crippen molar-refractivity contribution in [1.29, 1.82) is 0 Å². The lowest BCUT2D eigenvalue weighted by Gasteiger charge is -2.05. The van der Waals surface area contributed by atoms with Gasteiger partial charge in [-0.05, 0) is 52.8 Å². The van der Waals surface area contributed by atoms with Crippen LogP contribution >= 0.6 is 0 Å². The Balaban J connectivity index is 2.06. The largest absolute Gasteiger partial charge is 0.478 e. The average molecular weight is 264 g/mol. The van der Waals surface area contributed by atoms with E-state index in [0.717, 1.165) is 24.0 Å². The molecule has 2 nitrogen and oxygen atoms in total. The van der Waals surface area contributed by atoms with Gasteiger partial charge in [-0.2, -0.15) is 0 Å². The number of hydrogen-bond donors (Lipinski definition) is 1. The summed E-state index contributed by atoms with van der Waals surface area (Å²) in [5.74, 6) is -0.910. The molecule has 1 aliphatic rings. The molecule has 0 atom stereocenters. The molecule has 2 aromatic carbocycles. The van der Waals surface area contributed by atoms with Crippen LogP contribution in [-0.4, -0.2) is 11.1 Å². The predicted octanol–water partition coefficient (Wildman–Crippen LogP) is 3.98. The summed E-state index contributed by atoms with van der Waals surface area (Å²) in [6, 6.07) is 10.8. The highest BCUT2D eigenvalue weighted by atomic mass is 16.4. The van der Waals surface area contributed by atoms with Gasteiger partial charge in [0.1, 0.15) is 0 Å². The predicted molar refractivity (Wildman–Crippen MR) is 81.8 cm³/mol. The molecule has 0 saturated carbocycles. The summed E-state index contributed by atoms with van der Waals surface area (Å²) in [7, 11) is 0. The first-order chi connectivity index (χ1) is 9.65. The molecule has 0 unspecified atom stereocenters. The van der Waals surface area contributed by atoms with Gasteiger partial charge in [0.05, 0.1) is 0 Å². The highest BCUT2D eigenvalue weighted by Crippen LogP contribution is 2.33. The van der Waals surface area contributed by atoms with Gasteiger partial charge in [0.2, 0.25) is 0 Å². The summed E-state index contributed by atoms with van der Waals surface area (Å²) >= 11 is 0. The number of carboxylic acid groups (broad SMARTS) is 1. The third-order valence-electron chi connectivity index (χ3n) is 3.79. The van der Waals surface area contributed by atoms with Crippen LogP contribution in [0.25, 0.3) is 16.8 Å². The molecule has 100 valence electrons. The Morgan fingerprint density at radius 3 is 2.65 bits per heavy atom. The van der Waals surface area contributed by atoms with Gasteiger partial charge >= 0.3 is 5.97 Å². The molecule has 1 N–H and O–H groups in total. The zero-order chi connectivity index (χ0) is 14.1. The van der Waals surface area contributed by atoms with Crippen LogP contribution in [0.15, 0.2) is 48.1 Å². The van der Waals surface area contributed by atoms with Crippen molar-refractivity contribution in [2.75, 3.05) is 0 Å². The van der Waals surface area contributed by atoms with E-state index < -0.39 is 5.97 Å². The molecular formula is C18H16O2. The van der Waals surface area contributed by atoms with E-state index in [4.69, 9.17) is 5.11 Å². The fourth-order valence-electron chi connectivity index (χ4n) is 2.88. The standard InChI is InChI=1S/C18H16O2/c1-12(11-17(19)20)5-6-13-7-8-15-10-9-14-3-2-4-16(13)18(14)15/h2-8,11H,9-10H2,1H3,(H,19,20)/b6-5+,12-11-. The van der Waals surface area contributed by atoms with E-state index in [2.05, 4.69) is 30.3 Å². The molecule has 20 heavy (non-hydrogen) atoms. The summed E-state index contributed by atoms with van der Waals surface area (Å²) < 4.78 is 0. The van der Waals surface area contributed by atoms with Crippen LogP contribution in [0.4, 0.5) is 0 Å². The van der Waals surface area contributed by atoms with Crippen molar-refractivity contribution < 1.29 is 9.90 Å². The second kappa shape index (κ2) is 4.97. The van der Waals surface area contributed by atoms with Crippen LogP contribution in [0.1, 0.15) is 23.6 Å². The molecule has 0 amide bonds. The van der Waals surface area contributed by atoms with Crippen molar-refractivity contribution in [1.82, 2.24) is 0 Å². The minimum Gasteiger partial charge on any atom is -0.478 e. The molecule has 0 aromatic heterocycles. The maximum absolute atomic E-state index is 10.6. The number of hydrogen-bond acceptors (Lipinski definition) is 1. The smallest absolute Gasteiger partial charge is 0.328 e. The van der Waals surface area contributed by atoms with E-state index in [0.29, 0.717) is 0 Å². The first-order valence-corrected chi connectivity index (χ1v) is 6.78. The summed E-state index contributed by atoms with van der Waals surface area (Å²) in [6.07, 6.45) is 7.31. The quantitative estimate of drug-likeness (QED) is 0.672. The number of aryl methyl sites for hydroxylation is 2. The number of aliphatic carboxylic acids is 1. The minimum absolute atomic E-state index is 0.737. The van der Waals surface area contributed by atoms with Crippen molar-refractivity contribution in [3.63, 3.8) is 0 Å². The Hall–Kier alpha value is -2.35. The molecule has 0 aliphatic heterocycles. The van der Waals surface area contributed by atoms with E-state index in [-0.39, 0.29) is 0 Å². The number of rotatable bonds is 3. The Morgan fingerprint density at radius 2 is 1.90 bits per heavy atom. The molecule has 0 heterocycles. The molecule has 1 aliphatic carbocycles.